The fourth-order valence-corrected chi connectivity index (χ4v) is 6.13. The van der Waals surface area contributed by atoms with Crippen LogP contribution in [0.1, 0.15) is 43.7 Å². The first-order valence-corrected chi connectivity index (χ1v) is 15.0. The Labute approximate surface area is 267 Å². The largest absolute Gasteiger partial charge is 0.466 e. The number of carbonyl (C=O) groups excluding carboxylic acids is 3. The maximum atomic E-state index is 13.4. The topological polar surface area (TPSA) is 103 Å². The summed E-state index contributed by atoms with van der Waals surface area (Å²) >= 11 is 0. The molecule has 0 aromatic heterocycles. The first-order valence-electron chi connectivity index (χ1n) is 15.0. The van der Waals surface area contributed by atoms with E-state index in [0.29, 0.717) is 47.8 Å². The second kappa shape index (κ2) is 12.4. The Morgan fingerprint density at radius 2 is 1.65 bits per heavy atom. The Kier molecular flexibility index (Phi) is 8.23. The lowest BCUT2D eigenvalue weighted by atomic mass is 9.77. The number of hydrogen-bond acceptors (Lipinski definition) is 9. The molecule has 1 atom stereocenters. The highest BCUT2D eigenvalue weighted by Crippen LogP contribution is 2.57. The average molecular weight is 619 g/mol. The number of hydrogen-bond donors (Lipinski definition) is 1. The number of fused-ring (bicyclic) bond motifs is 6. The molecular weight excluding hydrogens is 584 g/mol. The Balaban J connectivity index is 1.45. The van der Waals surface area contributed by atoms with Crippen LogP contribution in [0.15, 0.2) is 85.5 Å². The molecule has 0 saturated carbocycles. The van der Waals surface area contributed by atoms with Crippen LogP contribution in [-0.4, -0.2) is 44.7 Å². The van der Waals surface area contributed by atoms with Crippen LogP contribution in [0.5, 0.6) is 11.5 Å². The van der Waals surface area contributed by atoms with E-state index >= 15 is 0 Å². The van der Waals surface area contributed by atoms with E-state index in [2.05, 4.69) is 43.9 Å². The number of ether oxygens (including phenoxy) is 4. The Morgan fingerprint density at radius 3 is 2.43 bits per heavy atom. The molecule has 0 aliphatic carbocycles. The molecule has 46 heavy (non-hydrogen) atoms. The minimum Gasteiger partial charge on any atom is -0.466 e. The predicted octanol–water partition coefficient (Wildman–Crippen LogP) is 6.63. The van der Waals surface area contributed by atoms with Gasteiger partial charge in [-0.2, -0.15) is 0 Å². The van der Waals surface area contributed by atoms with Crippen LogP contribution in [-0.2, 0) is 29.4 Å². The molecule has 2 aliphatic rings. The van der Waals surface area contributed by atoms with E-state index in [1.165, 1.54) is 5.56 Å². The van der Waals surface area contributed by atoms with E-state index in [0.717, 1.165) is 39.8 Å². The summed E-state index contributed by atoms with van der Waals surface area (Å²) in [5.74, 6) is 0.126. The molecule has 0 radical (unpaired) electrons. The summed E-state index contributed by atoms with van der Waals surface area (Å²) in [6.45, 7) is 10.8. The van der Waals surface area contributed by atoms with Crippen molar-refractivity contribution in [2.75, 3.05) is 36.5 Å². The van der Waals surface area contributed by atoms with Crippen molar-refractivity contribution in [2.45, 2.75) is 26.4 Å². The zero-order chi connectivity index (χ0) is 32.4. The number of rotatable bonds is 11. The number of nitrogens with zero attached hydrogens (tertiary/aromatic N) is 1. The Hall–Kier alpha value is -5.57. The SMILES string of the molecule is C=CC(=O)OCCN(CCOC=O)c1ccc2c(c1)Oc1cc(C)c(Nc3ccc(C)cc3C)cc1C21OC(=O)c2ccccc21. The van der Waals surface area contributed by atoms with Crippen LogP contribution in [0.25, 0.3) is 0 Å². The molecule has 4 aromatic carbocycles. The lowest BCUT2D eigenvalue weighted by molar-refractivity contribution is -0.137. The normalized spacial score (nSPS) is 15.5. The standard InChI is InChI=1S/C37H34N2O7/c1-5-35(41)44-17-15-39(14-16-43-22-40)26-11-12-29-34(20-26)45-33-19-25(4)32(38-31-13-10-23(2)18-24(31)3)21-30(33)37(29)28-9-7-6-8-27(28)36(42)46-37/h5-13,18-22,38H,1,14-17H2,2-4H3. The van der Waals surface area contributed by atoms with Crippen LogP contribution < -0.4 is 15.0 Å². The van der Waals surface area contributed by atoms with Crippen LogP contribution >= 0.6 is 0 Å². The number of benzene rings is 4. The molecule has 6 rings (SSSR count). The zero-order valence-electron chi connectivity index (χ0n) is 25.9. The van der Waals surface area contributed by atoms with Gasteiger partial charge < -0.3 is 29.2 Å². The van der Waals surface area contributed by atoms with Gasteiger partial charge in [-0.3, -0.25) is 4.79 Å². The molecule has 0 amide bonds. The number of nitrogens with one attached hydrogen (secondary N) is 1. The monoisotopic (exact) mass is 618 g/mol. The van der Waals surface area contributed by atoms with Crippen molar-refractivity contribution >= 4 is 35.5 Å². The summed E-state index contributed by atoms with van der Waals surface area (Å²) in [6.07, 6.45) is 1.11. The van der Waals surface area contributed by atoms with Crippen molar-refractivity contribution in [3.05, 3.63) is 124 Å². The molecule has 2 aliphatic heterocycles. The summed E-state index contributed by atoms with van der Waals surface area (Å²) < 4.78 is 23.2. The van der Waals surface area contributed by atoms with Gasteiger partial charge in [-0.25, -0.2) is 9.59 Å². The van der Waals surface area contributed by atoms with Gasteiger partial charge in [0.15, 0.2) is 5.60 Å². The van der Waals surface area contributed by atoms with Gasteiger partial charge >= 0.3 is 11.9 Å². The highest BCUT2D eigenvalue weighted by molar-refractivity contribution is 5.97. The van der Waals surface area contributed by atoms with Crippen LogP contribution in [0.4, 0.5) is 17.1 Å². The van der Waals surface area contributed by atoms with Gasteiger partial charge in [0.05, 0.1) is 18.7 Å². The molecule has 1 spiro atoms. The van der Waals surface area contributed by atoms with E-state index in [1.807, 2.05) is 60.4 Å². The third kappa shape index (κ3) is 5.45. The lowest BCUT2D eigenvalue weighted by Gasteiger charge is -2.38. The second-order valence-corrected chi connectivity index (χ2v) is 11.3. The van der Waals surface area contributed by atoms with Gasteiger partial charge in [0, 0.05) is 45.9 Å². The van der Waals surface area contributed by atoms with Crippen molar-refractivity contribution in [1.29, 1.82) is 0 Å². The van der Waals surface area contributed by atoms with Crippen LogP contribution in [0, 0.1) is 20.8 Å². The van der Waals surface area contributed by atoms with Gasteiger partial charge in [-0.05, 0) is 68.3 Å². The van der Waals surface area contributed by atoms with Crippen molar-refractivity contribution < 1.29 is 33.3 Å². The first-order chi connectivity index (χ1) is 22.2. The molecule has 0 bridgehead atoms. The second-order valence-electron chi connectivity index (χ2n) is 11.3. The zero-order valence-corrected chi connectivity index (χ0v) is 25.9. The Bertz CT molecular complexity index is 1870. The summed E-state index contributed by atoms with van der Waals surface area (Å²) in [5.41, 5.74) is 7.16. The summed E-state index contributed by atoms with van der Waals surface area (Å²) in [7, 11) is 0. The molecule has 9 nitrogen and oxygen atoms in total. The van der Waals surface area contributed by atoms with Gasteiger partial charge in [0.2, 0.25) is 0 Å². The van der Waals surface area contributed by atoms with Crippen molar-refractivity contribution in [3.8, 4) is 11.5 Å². The first kappa shape index (κ1) is 30.5. The number of aryl methyl sites for hydroxylation is 3. The summed E-state index contributed by atoms with van der Waals surface area (Å²) in [6, 6.07) is 23.3. The minimum absolute atomic E-state index is 0.0943. The van der Waals surface area contributed by atoms with Gasteiger partial charge in [0.1, 0.15) is 24.7 Å². The summed E-state index contributed by atoms with van der Waals surface area (Å²) in [5, 5.41) is 3.58. The van der Waals surface area contributed by atoms with E-state index in [9.17, 15) is 14.4 Å². The molecule has 234 valence electrons. The fraction of sp³-hybridized carbons (Fsp3) is 0.216. The molecule has 9 heteroatoms. The maximum absolute atomic E-state index is 13.4. The molecule has 0 saturated heterocycles. The maximum Gasteiger partial charge on any atom is 0.340 e. The third-order valence-electron chi connectivity index (χ3n) is 8.38. The predicted molar refractivity (Wildman–Crippen MR) is 174 cm³/mol. The Morgan fingerprint density at radius 1 is 0.891 bits per heavy atom. The smallest absolute Gasteiger partial charge is 0.340 e. The van der Waals surface area contributed by atoms with Gasteiger partial charge in [-0.1, -0.05) is 42.5 Å². The highest BCUT2D eigenvalue weighted by Gasteiger charge is 2.53. The van der Waals surface area contributed by atoms with Crippen LogP contribution in [0.2, 0.25) is 0 Å². The van der Waals surface area contributed by atoms with Crippen molar-refractivity contribution in [3.63, 3.8) is 0 Å². The molecule has 2 heterocycles. The van der Waals surface area contributed by atoms with E-state index in [-0.39, 0.29) is 13.2 Å². The average Bonchev–Trinajstić information content (AvgIpc) is 3.34. The third-order valence-corrected chi connectivity index (χ3v) is 8.38. The number of anilines is 3. The summed E-state index contributed by atoms with van der Waals surface area (Å²) in [4.78, 5) is 37.8. The molecule has 1 unspecified atom stereocenters. The van der Waals surface area contributed by atoms with Gasteiger partial charge in [0.25, 0.3) is 6.47 Å². The lowest BCUT2D eigenvalue weighted by Crippen LogP contribution is -2.34. The quantitative estimate of drug-likeness (QED) is 0.0652. The van der Waals surface area contributed by atoms with Crippen molar-refractivity contribution in [1.82, 2.24) is 0 Å². The number of carbonyl (C=O) groups is 3. The minimum atomic E-state index is -1.26. The number of esters is 2. The molecule has 0 fully saturated rings. The molecule has 1 N–H and O–H groups in total. The highest BCUT2D eigenvalue weighted by atomic mass is 16.6. The molecular formula is C37H34N2O7. The van der Waals surface area contributed by atoms with E-state index < -0.39 is 17.5 Å². The van der Waals surface area contributed by atoms with Crippen LogP contribution in [0.3, 0.4) is 0 Å². The fourth-order valence-electron chi connectivity index (χ4n) is 6.13. The molecule has 4 aromatic rings. The van der Waals surface area contributed by atoms with Crippen molar-refractivity contribution in [2.24, 2.45) is 0 Å². The van der Waals surface area contributed by atoms with Gasteiger partial charge in [-0.15, -0.1) is 0 Å². The van der Waals surface area contributed by atoms with E-state index in [1.54, 1.807) is 6.07 Å². The van der Waals surface area contributed by atoms with E-state index in [4.69, 9.17) is 18.9 Å².